The molecule has 0 rings (SSSR count). The lowest BCUT2D eigenvalue weighted by Gasteiger charge is -2.03. The first kappa shape index (κ1) is 10.5. The van der Waals surface area contributed by atoms with Gasteiger partial charge in [0.1, 0.15) is 0 Å². The maximum absolute atomic E-state index is 11.5. The Morgan fingerprint density at radius 3 is 2.09 bits per heavy atom. The van der Waals surface area contributed by atoms with Gasteiger partial charge >= 0.3 is 5.51 Å². The van der Waals surface area contributed by atoms with Crippen LogP contribution in [0.3, 0.4) is 0 Å². The van der Waals surface area contributed by atoms with Gasteiger partial charge in [0.05, 0.1) is 5.75 Å². The van der Waals surface area contributed by atoms with Crippen molar-refractivity contribution in [2.24, 2.45) is 0 Å². The van der Waals surface area contributed by atoms with Gasteiger partial charge in [0.25, 0.3) is 9.84 Å². The topological polar surface area (TPSA) is 34.1 Å². The summed E-state index contributed by atoms with van der Waals surface area (Å²) in [6.45, 7) is 1.45. The number of hydrogen-bond acceptors (Lipinski definition) is 2. The van der Waals surface area contributed by atoms with Crippen LogP contribution in [0.1, 0.15) is 6.92 Å². The van der Waals surface area contributed by atoms with Gasteiger partial charge in [0.2, 0.25) is 0 Å². The summed E-state index contributed by atoms with van der Waals surface area (Å²) in [4.78, 5) is 0. The zero-order valence-corrected chi connectivity index (χ0v) is 6.54. The summed E-state index contributed by atoms with van der Waals surface area (Å²) in [5, 5.41) is 0. The van der Waals surface area contributed by atoms with Crippen LogP contribution in [0.25, 0.3) is 0 Å². The lowest BCUT2D eigenvalue weighted by Crippen LogP contribution is -2.25. The van der Waals surface area contributed by atoms with Crippen molar-refractivity contribution in [2.45, 2.75) is 12.4 Å². The number of hydrogen-bond donors (Lipinski definition) is 0. The number of alkyl halides is 3. The summed E-state index contributed by atoms with van der Waals surface area (Å²) in [5.74, 6) is -0.979. The van der Waals surface area contributed by atoms with Crippen LogP contribution in [0.4, 0.5) is 13.2 Å². The van der Waals surface area contributed by atoms with Gasteiger partial charge in [0.15, 0.2) is 0 Å². The molecule has 66 valence electrons. The normalized spacial score (nSPS) is 14.2. The molecule has 0 heterocycles. The summed E-state index contributed by atoms with van der Waals surface area (Å²) in [6, 6.07) is 0. The summed E-state index contributed by atoms with van der Waals surface area (Å²) >= 11 is 0. The molecule has 0 aliphatic rings. The van der Waals surface area contributed by atoms with Gasteiger partial charge in [0, 0.05) is 0 Å². The number of halogens is 3. The number of rotatable bonds is 2. The van der Waals surface area contributed by atoms with Gasteiger partial charge in [-0.25, -0.2) is 8.42 Å². The van der Waals surface area contributed by atoms with Crippen LogP contribution >= 0.6 is 0 Å². The molecule has 0 aromatic heterocycles. The first-order chi connectivity index (χ1) is 4.81. The van der Waals surface area contributed by atoms with Gasteiger partial charge in [-0.2, -0.15) is 13.2 Å². The molecule has 0 unspecified atom stereocenters. The highest BCUT2D eigenvalue weighted by molar-refractivity contribution is 7.92. The first-order valence-electron chi connectivity index (χ1n) is 2.71. The lowest BCUT2D eigenvalue weighted by atomic mass is 10.6. The van der Waals surface area contributed by atoms with Crippen molar-refractivity contribution in [1.29, 1.82) is 0 Å². The van der Waals surface area contributed by atoms with Gasteiger partial charge in [-0.1, -0.05) is 12.2 Å². The Bertz CT molecular complexity index is 237. The molecule has 6 heteroatoms. The maximum Gasteiger partial charge on any atom is 0.497 e. The Balaban J connectivity index is 4.50. The van der Waals surface area contributed by atoms with Crippen LogP contribution in [-0.4, -0.2) is 19.7 Å². The standard InChI is InChI=1S/C5H7F3O2S/c1-2-3-4-11(9,10)5(6,7)8/h2-3H,4H2,1H3/b3-2+. The fourth-order valence-corrected chi connectivity index (χ4v) is 0.952. The van der Waals surface area contributed by atoms with Crippen LogP contribution in [-0.2, 0) is 9.84 Å². The van der Waals surface area contributed by atoms with Crippen molar-refractivity contribution < 1.29 is 21.6 Å². The van der Waals surface area contributed by atoms with E-state index in [1.54, 1.807) is 0 Å². The molecular weight excluding hydrogens is 181 g/mol. The van der Waals surface area contributed by atoms with Crippen molar-refractivity contribution in [3.63, 3.8) is 0 Å². The van der Waals surface area contributed by atoms with Crippen molar-refractivity contribution in [2.75, 3.05) is 5.75 Å². The van der Waals surface area contributed by atoms with Crippen molar-refractivity contribution in [1.82, 2.24) is 0 Å². The molecule has 2 nitrogen and oxygen atoms in total. The Morgan fingerprint density at radius 2 is 1.82 bits per heavy atom. The molecule has 0 atom stereocenters. The highest BCUT2D eigenvalue weighted by Crippen LogP contribution is 2.23. The third-order valence-electron chi connectivity index (χ3n) is 0.904. The van der Waals surface area contributed by atoms with Crippen molar-refractivity contribution >= 4 is 9.84 Å². The maximum atomic E-state index is 11.5. The molecule has 0 aliphatic carbocycles. The van der Waals surface area contributed by atoms with Gasteiger partial charge < -0.3 is 0 Å². The fraction of sp³-hybridized carbons (Fsp3) is 0.600. The minimum atomic E-state index is -5.13. The molecule has 0 aromatic carbocycles. The summed E-state index contributed by atoms with van der Waals surface area (Å²) in [5.41, 5.74) is -5.13. The second-order valence-corrected chi connectivity index (χ2v) is 3.82. The Morgan fingerprint density at radius 1 is 1.36 bits per heavy atom. The van der Waals surface area contributed by atoms with E-state index in [0.29, 0.717) is 0 Å². The van der Waals surface area contributed by atoms with Crippen LogP contribution in [0.5, 0.6) is 0 Å². The van der Waals surface area contributed by atoms with Gasteiger partial charge in [-0.3, -0.25) is 0 Å². The van der Waals surface area contributed by atoms with Crippen LogP contribution in [0.2, 0.25) is 0 Å². The molecule has 0 amide bonds. The molecular formula is C5H7F3O2S. The molecule has 0 aromatic rings. The Hall–Kier alpha value is -0.520. The van der Waals surface area contributed by atoms with E-state index in [1.165, 1.54) is 13.0 Å². The average molecular weight is 188 g/mol. The zero-order valence-electron chi connectivity index (χ0n) is 5.72. The van der Waals surface area contributed by atoms with E-state index in [2.05, 4.69) is 0 Å². The predicted molar refractivity (Wildman–Crippen MR) is 34.7 cm³/mol. The SMILES string of the molecule is C/C=C/CS(=O)(=O)C(F)(F)F. The molecule has 0 saturated carbocycles. The van der Waals surface area contributed by atoms with E-state index in [4.69, 9.17) is 0 Å². The van der Waals surface area contributed by atoms with E-state index < -0.39 is 21.1 Å². The van der Waals surface area contributed by atoms with Crippen LogP contribution < -0.4 is 0 Å². The molecule has 0 aliphatic heterocycles. The van der Waals surface area contributed by atoms with E-state index in [-0.39, 0.29) is 0 Å². The summed E-state index contributed by atoms with van der Waals surface area (Å²) in [6.07, 6.45) is 2.20. The molecule has 0 N–H and O–H groups in total. The van der Waals surface area contributed by atoms with Crippen LogP contribution in [0, 0.1) is 0 Å². The Kier molecular flexibility index (Phi) is 3.10. The monoisotopic (exact) mass is 188 g/mol. The smallest absolute Gasteiger partial charge is 0.219 e. The molecule has 0 fully saturated rings. The van der Waals surface area contributed by atoms with Gasteiger partial charge in [-0.05, 0) is 6.92 Å². The van der Waals surface area contributed by atoms with E-state index in [9.17, 15) is 21.6 Å². The second-order valence-electron chi connectivity index (χ2n) is 1.80. The van der Waals surface area contributed by atoms with Gasteiger partial charge in [-0.15, -0.1) is 0 Å². The van der Waals surface area contributed by atoms with E-state index in [0.717, 1.165) is 6.08 Å². The largest absolute Gasteiger partial charge is 0.497 e. The molecule has 11 heavy (non-hydrogen) atoms. The first-order valence-corrected chi connectivity index (χ1v) is 4.36. The third-order valence-corrected chi connectivity index (χ3v) is 2.24. The predicted octanol–water partition coefficient (Wildman–Crippen LogP) is 1.50. The van der Waals surface area contributed by atoms with E-state index >= 15 is 0 Å². The lowest BCUT2D eigenvalue weighted by molar-refractivity contribution is -0.0432. The van der Waals surface area contributed by atoms with Crippen molar-refractivity contribution in [3.05, 3.63) is 12.2 Å². The summed E-state index contributed by atoms with van der Waals surface area (Å²) in [7, 11) is -4.95. The highest BCUT2D eigenvalue weighted by atomic mass is 32.2. The zero-order chi connectivity index (χ0) is 9.12. The quantitative estimate of drug-likeness (QED) is 0.615. The Labute approximate surface area is 62.6 Å². The third kappa shape index (κ3) is 2.92. The minimum absolute atomic E-state index is 0.947. The van der Waals surface area contributed by atoms with Crippen molar-refractivity contribution in [3.8, 4) is 0 Å². The number of allylic oxidation sites excluding steroid dienone is 1. The fourth-order valence-electron chi connectivity index (χ4n) is 0.317. The molecule has 0 spiro atoms. The summed E-state index contributed by atoms with van der Waals surface area (Å²) < 4.78 is 55.1. The van der Waals surface area contributed by atoms with Crippen LogP contribution in [0.15, 0.2) is 12.2 Å². The second kappa shape index (κ2) is 3.25. The molecule has 0 bridgehead atoms. The number of sulfone groups is 1. The molecule has 0 saturated heterocycles. The highest BCUT2D eigenvalue weighted by Gasteiger charge is 2.44. The average Bonchev–Trinajstić information content (AvgIpc) is 1.81. The van der Waals surface area contributed by atoms with E-state index in [1.807, 2.05) is 0 Å². The minimum Gasteiger partial charge on any atom is -0.219 e. The molecule has 0 radical (unpaired) electrons.